The van der Waals surface area contributed by atoms with Gasteiger partial charge in [0.05, 0.1) is 0 Å². The monoisotopic (exact) mass is 202 g/mol. The zero-order valence-corrected chi connectivity index (χ0v) is 8.68. The van der Waals surface area contributed by atoms with E-state index in [0.29, 0.717) is 5.17 Å². The minimum absolute atomic E-state index is 0.121. The molecule has 74 valence electrons. The first-order valence-corrected chi connectivity index (χ1v) is 5.14. The number of halogens is 1. The number of oxime groups is 1. The summed E-state index contributed by atoms with van der Waals surface area (Å²) in [6, 6.07) is 0. The van der Waals surface area contributed by atoms with E-state index in [1.807, 2.05) is 0 Å². The molecule has 0 N–H and O–H groups in total. The van der Waals surface area contributed by atoms with Crippen LogP contribution in [-0.2, 0) is 4.84 Å². The molecule has 2 heterocycles. The first-order valence-electron chi connectivity index (χ1n) is 4.76. The zero-order valence-electron chi connectivity index (χ0n) is 7.92. The highest BCUT2D eigenvalue weighted by atomic mass is 35.5. The highest BCUT2D eigenvalue weighted by molar-refractivity contribution is 6.66. The van der Waals surface area contributed by atoms with E-state index in [9.17, 15) is 0 Å². The van der Waals surface area contributed by atoms with Crippen LogP contribution in [-0.4, -0.2) is 36.8 Å². The molecule has 2 bridgehead atoms. The van der Waals surface area contributed by atoms with E-state index < -0.39 is 0 Å². The molecule has 2 fully saturated rings. The quantitative estimate of drug-likeness (QED) is 0.503. The summed E-state index contributed by atoms with van der Waals surface area (Å²) in [5.41, 5.74) is 0.121. The zero-order chi connectivity index (χ0) is 9.31. The summed E-state index contributed by atoms with van der Waals surface area (Å²) in [7, 11) is 1.55. The van der Waals surface area contributed by atoms with Crippen LogP contribution < -0.4 is 0 Å². The predicted molar refractivity (Wildman–Crippen MR) is 53.0 cm³/mol. The minimum Gasteiger partial charge on any atom is -0.398 e. The van der Waals surface area contributed by atoms with Crippen molar-refractivity contribution in [3.63, 3.8) is 0 Å². The van der Waals surface area contributed by atoms with E-state index >= 15 is 0 Å². The third-order valence-corrected chi connectivity index (χ3v) is 3.64. The van der Waals surface area contributed by atoms with E-state index in [1.165, 1.54) is 13.0 Å². The highest BCUT2D eigenvalue weighted by Gasteiger charge is 2.44. The molecule has 13 heavy (non-hydrogen) atoms. The van der Waals surface area contributed by atoms with Gasteiger partial charge >= 0.3 is 0 Å². The molecular formula is C9H15ClN2O. The van der Waals surface area contributed by atoms with Crippen LogP contribution in [0.15, 0.2) is 5.16 Å². The van der Waals surface area contributed by atoms with Crippen LogP contribution in [0.5, 0.6) is 0 Å². The largest absolute Gasteiger partial charge is 0.398 e. The molecule has 0 aliphatic carbocycles. The second kappa shape index (κ2) is 3.46. The van der Waals surface area contributed by atoms with Crippen molar-refractivity contribution in [1.82, 2.24) is 4.90 Å². The Morgan fingerprint density at radius 3 is 3.08 bits per heavy atom. The van der Waals surface area contributed by atoms with Crippen molar-refractivity contribution in [2.45, 2.75) is 19.3 Å². The van der Waals surface area contributed by atoms with Gasteiger partial charge in [-0.05, 0) is 32.4 Å². The summed E-state index contributed by atoms with van der Waals surface area (Å²) in [5, 5.41) is 4.54. The van der Waals surface area contributed by atoms with Crippen molar-refractivity contribution in [2.24, 2.45) is 10.6 Å². The average molecular weight is 203 g/mol. The Bertz CT molecular complexity index is 228. The maximum atomic E-state index is 6.14. The van der Waals surface area contributed by atoms with E-state index in [2.05, 4.69) is 10.1 Å². The summed E-state index contributed by atoms with van der Waals surface area (Å²) in [6.07, 6.45) is 3.53. The molecule has 2 rings (SSSR count). The summed E-state index contributed by atoms with van der Waals surface area (Å²) >= 11 is 6.14. The van der Waals surface area contributed by atoms with Gasteiger partial charge in [0.1, 0.15) is 7.11 Å². The van der Waals surface area contributed by atoms with Gasteiger partial charge in [0, 0.05) is 12.0 Å². The third kappa shape index (κ3) is 1.55. The lowest BCUT2D eigenvalue weighted by Crippen LogP contribution is -2.37. The predicted octanol–water partition coefficient (Wildman–Crippen LogP) is 1.67. The molecule has 0 amide bonds. The average Bonchev–Trinajstić information content (AvgIpc) is 2.44. The van der Waals surface area contributed by atoms with Crippen LogP contribution in [0.1, 0.15) is 19.3 Å². The Labute approximate surface area is 83.7 Å². The fraction of sp³-hybridized carbons (Fsp3) is 0.889. The maximum absolute atomic E-state index is 6.14. The number of piperidine rings is 1. The Balaban J connectivity index is 2.15. The molecule has 3 nitrogen and oxygen atoms in total. The number of fused-ring (bicyclic) bond motifs is 2. The Morgan fingerprint density at radius 2 is 2.31 bits per heavy atom. The minimum atomic E-state index is 0.121. The Hall–Kier alpha value is -0.280. The lowest BCUT2D eigenvalue weighted by molar-refractivity contribution is 0.199. The van der Waals surface area contributed by atoms with E-state index in [0.717, 1.165) is 25.9 Å². The molecule has 2 saturated heterocycles. The number of rotatable bonds is 2. The molecule has 2 unspecified atom stereocenters. The fourth-order valence-electron chi connectivity index (χ4n) is 2.44. The molecule has 0 spiro atoms. The van der Waals surface area contributed by atoms with Crippen molar-refractivity contribution in [1.29, 1.82) is 0 Å². The number of nitrogens with zero attached hydrogens (tertiary/aromatic N) is 2. The van der Waals surface area contributed by atoms with Gasteiger partial charge in [0.25, 0.3) is 0 Å². The third-order valence-electron chi connectivity index (χ3n) is 3.17. The van der Waals surface area contributed by atoms with Gasteiger partial charge in [-0.25, -0.2) is 0 Å². The summed E-state index contributed by atoms with van der Waals surface area (Å²) in [4.78, 5) is 7.20. The second-order valence-corrected chi connectivity index (χ2v) is 4.33. The molecule has 4 heteroatoms. The van der Waals surface area contributed by atoms with E-state index in [-0.39, 0.29) is 5.41 Å². The van der Waals surface area contributed by atoms with Crippen molar-refractivity contribution in [3.05, 3.63) is 0 Å². The lowest BCUT2D eigenvalue weighted by atomic mass is 9.82. The van der Waals surface area contributed by atoms with Crippen LogP contribution in [0, 0.1) is 5.41 Å². The smallest absolute Gasteiger partial charge is 0.152 e. The number of hydrogen-bond donors (Lipinski definition) is 0. The summed E-state index contributed by atoms with van der Waals surface area (Å²) in [5.74, 6) is 0. The lowest BCUT2D eigenvalue weighted by Gasteiger charge is -2.31. The van der Waals surface area contributed by atoms with Gasteiger partial charge in [-0.15, -0.1) is 0 Å². The molecule has 0 aromatic carbocycles. The normalized spacial score (nSPS) is 39.2. The van der Waals surface area contributed by atoms with Crippen LogP contribution in [0.3, 0.4) is 0 Å². The molecule has 0 aromatic heterocycles. The summed E-state index contributed by atoms with van der Waals surface area (Å²) < 4.78 is 0. The van der Waals surface area contributed by atoms with Gasteiger partial charge in [0.15, 0.2) is 5.17 Å². The molecule has 2 aliphatic heterocycles. The maximum Gasteiger partial charge on any atom is 0.152 e. The molecule has 0 aromatic rings. The van der Waals surface area contributed by atoms with Crippen molar-refractivity contribution in [3.8, 4) is 0 Å². The van der Waals surface area contributed by atoms with Crippen LogP contribution in [0.2, 0.25) is 0 Å². The van der Waals surface area contributed by atoms with Crippen molar-refractivity contribution >= 4 is 16.8 Å². The van der Waals surface area contributed by atoms with E-state index in [1.54, 1.807) is 7.11 Å². The standard InChI is InChI=1S/C9H15ClN2O/c1-13-11-8(10)9-3-2-5-12(7-9)6-4-9/h2-7H2,1H3. The molecule has 0 saturated carbocycles. The van der Waals surface area contributed by atoms with Crippen LogP contribution >= 0.6 is 11.6 Å². The molecule has 2 atom stereocenters. The molecule has 2 aliphatic rings. The summed E-state index contributed by atoms with van der Waals surface area (Å²) in [6.45, 7) is 3.45. The van der Waals surface area contributed by atoms with Crippen molar-refractivity contribution < 1.29 is 4.84 Å². The Kier molecular flexibility index (Phi) is 2.47. The number of hydrogen-bond acceptors (Lipinski definition) is 3. The second-order valence-electron chi connectivity index (χ2n) is 3.97. The first-order chi connectivity index (χ1) is 6.27. The highest BCUT2D eigenvalue weighted by Crippen LogP contribution is 2.41. The van der Waals surface area contributed by atoms with Crippen molar-refractivity contribution in [2.75, 3.05) is 26.7 Å². The first kappa shape index (κ1) is 9.28. The van der Waals surface area contributed by atoms with Crippen LogP contribution in [0.4, 0.5) is 0 Å². The Morgan fingerprint density at radius 1 is 1.46 bits per heavy atom. The molecular weight excluding hydrogens is 188 g/mol. The van der Waals surface area contributed by atoms with Gasteiger partial charge < -0.3 is 9.74 Å². The van der Waals surface area contributed by atoms with Gasteiger partial charge in [0.2, 0.25) is 0 Å². The van der Waals surface area contributed by atoms with Gasteiger partial charge in [-0.2, -0.15) is 0 Å². The fourth-order valence-corrected chi connectivity index (χ4v) is 2.76. The topological polar surface area (TPSA) is 24.8 Å². The van der Waals surface area contributed by atoms with E-state index in [4.69, 9.17) is 16.4 Å². The van der Waals surface area contributed by atoms with Gasteiger partial charge in [-0.3, -0.25) is 0 Å². The van der Waals surface area contributed by atoms with Gasteiger partial charge in [-0.1, -0.05) is 16.8 Å². The molecule has 0 radical (unpaired) electrons. The van der Waals surface area contributed by atoms with Crippen LogP contribution in [0.25, 0.3) is 0 Å². The SMILES string of the molecule is CON=C(Cl)C12CCCN(CC1)C2.